The molecule has 53 heavy (non-hydrogen) atoms. The van der Waals surface area contributed by atoms with Crippen molar-refractivity contribution in [3.05, 3.63) is 132 Å². The Morgan fingerprint density at radius 2 is 1.53 bits per heavy atom. The number of aryl methyl sites for hydroxylation is 1. The molecule has 0 spiro atoms. The number of sulfonamides is 1. The van der Waals surface area contributed by atoms with Crippen LogP contribution in [0, 0.1) is 6.92 Å². The molecule has 10 heteroatoms. The first-order valence-electron chi connectivity index (χ1n) is 18.3. The molecule has 0 aromatic heterocycles. The van der Waals surface area contributed by atoms with E-state index in [1.807, 2.05) is 68.5 Å². The molecule has 8 nitrogen and oxygen atoms in total. The number of morpholine rings is 1. The fourth-order valence-electron chi connectivity index (χ4n) is 7.10. The standard InChI is InChI=1S/C43H55NO7SSi/c1-33-17-23-40(24-18-33)52(46,47)44-29-38(25-26-50-53(43(3,4)5,41-13-9-7-10-14-41)42-15-11-8-12-16-42)51-39(30-44)28-34(2)27-36(45)32-49-31-35-19-21-37(48-6)22-20-35/h7-24,28,36,38-39,45H,25-27,29-32H2,1-6H3/b34-28+/t36-,38-,39+/m0/s1. The van der Waals surface area contributed by atoms with Crippen molar-refractivity contribution in [2.24, 2.45) is 0 Å². The molecule has 4 aromatic carbocycles. The molecule has 0 aliphatic carbocycles. The molecule has 1 aliphatic heterocycles. The first-order chi connectivity index (χ1) is 25.3. The van der Waals surface area contributed by atoms with Crippen molar-refractivity contribution in [3.8, 4) is 5.75 Å². The van der Waals surface area contributed by atoms with Crippen molar-refractivity contribution in [2.45, 2.75) is 82.3 Å². The quantitative estimate of drug-likeness (QED) is 0.101. The monoisotopic (exact) mass is 757 g/mol. The molecule has 1 N–H and O–H groups in total. The maximum absolute atomic E-state index is 14.0. The van der Waals surface area contributed by atoms with Gasteiger partial charge in [0.15, 0.2) is 0 Å². The molecule has 0 unspecified atom stereocenters. The number of hydrogen-bond donors (Lipinski definition) is 1. The maximum Gasteiger partial charge on any atom is 0.261 e. The number of benzene rings is 4. The lowest BCUT2D eigenvalue weighted by molar-refractivity contribution is -0.0489. The zero-order chi connectivity index (χ0) is 38.1. The van der Waals surface area contributed by atoms with E-state index in [4.69, 9.17) is 18.6 Å². The number of ether oxygens (including phenoxy) is 3. The maximum atomic E-state index is 14.0. The van der Waals surface area contributed by atoms with E-state index in [-0.39, 0.29) is 29.6 Å². The molecular formula is C43H55NO7SSi. The van der Waals surface area contributed by atoms with Crippen LogP contribution in [0.5, 0.6) is 5.75 Å². The van der Waals surface area contributed by atoms with Gasteiger partial charge >= 0.3 is 0 Å². The van der Waals surface area contributed by atoms with E-state index in [1.54, 1.807) is 19.2 Å². The van der Waals surface area contributed by atoms with Gasteiger partial charge in [0.1, 0.15) is 5.75 Å². The summed E-state index contributed by atoms with van der Waals surface area (Å²) in [6, 6.07) is 35.6. The number of methoxy groups -OCH3 is 1. The summed E-state index contributed by atoms with van der Waals surface area (Å²) in [5, 5.41) is 13.0. The fourth-order valence-corrected chi connectivity index (χ4v) is 13.2. The van der Waals surface area contributed by atoms with Gasteiger partial charge in [0.25, 0.3) is 8.32 Å². The molecule has 0 radical (unpaired) electrons. The van der Waals surface area contributed by atoms with Crippen LogP contribution < -0.4 is 15.1 Å². The molecule has 0 amide bonds. The summed E-state index contributed by atoms with van der Waals surface area (Å²) in [4.78, 5) is 0.260. The van der Waals surface area contributed by atoms with Crippen molar-refractivity contribution >= 4 is 28.7 Å². The zero-order valence-corrected chi connectivity index (χ0v) is 33.7. The molecule has 1 saturated heterocycles. The Labute approximate surface area is 317 Å². The Kier molecular flexibility index (Phi) is 13.9. The fraction of sp³-hybridized carbons (Fsp3) is 0.395. The summed E-state index contributed by atoms with van der Waals surface area (Å²) in [7, 11) is -4.96. The predicted octanol–water partition coefficient (Wildman–Crippen LogP) is 6.64. The van der Waals surface area contributed by atoms with Gasteiger partial charge < -0.3 is 23.7 Å². The Morgan fingerprint density at radius 1 is 0.925 bits per heavy atom. The minimum Gasteiger partial charge on any atom is -0.497 e. The molecule has 0 saturated carbocycles. The Bertz CT molecular complexity index is 1820. The number of aliphatic hydroxyl groups excluding tert-OH is 1. The van der Waals surface area contributed by atoms with Gasteiger partial charge in [-0.3, -0.25) is 0 Å². The van der Waals surface area contributed by atoms with E-state index in [0.717, 1.165) is 22.4 Å². The normalized spacial score (nSPS) is 18.1. The van der Waals surface area contributed by atoms with Gasteiger partial charge in [0, 0.05) is 19.7 Å². The van der Waals surface area contributed by atoms with Crippen molar-refractivity contribution in [2.75, 3.05) is 33.4 Å². The summed E-state index contributed by atoms with van der Waals surface area (Å²) in [6.07, 6.45) is 1.18. The lowest BCUT2D eigenvalue weighted by atomic mass is 10.1. The van der Waals surface area contributed by atoms with Crippen LogP contribution in [0.15, 0.2) is 126 Å². The second-order valence-corrected chi connectivity index (χ2v) is 21.2. The predicted molar refractivity (Wildman–Crippen MR) is 214 cm³/mol. The van der Waals surface area contributed by atoms with Crippen molar-refractivity contribution in [1.82, 2.24) is 4.31 Å². The van der Waals surface area contributed by atoms with E-state index in [1.165, 1.54) is 14.7 Å². The third kappa shape index (κ3) is 10.3. The molecule has 284 valence electrons. The van der Waals surface area contributed by atoms with Crippen LogP contribution in [0.4, 0.5) is 0 Å². The molecule has 1 aliphatic rings. The second-order valence-electron chi connectivity index (χ2n) is 15.0. The van der Waals surface area contributed by atoms with Gasteiger partial charge in [0.05, 0.1) is 43.5 Å². The Hall–Kier alpha value is -3.61. The highest BCUT2D eigenvalue weighted by Gasteiger charge is 2.50. The number of nitrogens with zero attached hydrogens (tertiary/aromatic N) is 1. The van der Waals surface area contributed by atoms with Crippen LogP contribution >= 0.6 is 0 Å². The third-order valence-electron chi connectivity index (χ3n) is 9.76. The third-order valence-corrected chi connectivity index (χ3v) is 16.6. The topological polar surface area (TPSA) is 94.5 Å². The number of aliphatic hydroxyl groups is 1. The molecular weight excluding hydrogens is 703 g/mol. The summed E-state index contributed by atoms with van der Waals surface area (Å²) in [5.74, 6) is 0.777. The van der Waals surface area contributed by atoms with Gasteiger partial charge in [0.2, 0.25) is 10.0 Å². The Morgan fingerprint density at radius 3 is 2.09 bits per heavy atom. The molecule has 3 atom stereocenters. The van der Waals surface area contributed by atoms with Gasteiger partial charge in [-0.25, -0.2) is 8.42 Å². The van der Waals surface area contributed by atoms with Crippen LogP contribution in [0.1, 0.15) is 51.7 Å². The lowest BCUT2D eigenvalue weighted by Crippen LogP contribution is -2.66. The van der Waals surface area contributed by atoms with Gasteiger partial charge in [-0.15, -0.1) is 0 Å². The van der Waals surface area contributed by atoms with E-state index in [9.17, 15) is 13.5 Å². The van der Waals surface area contributed by atoms with Crippen molar-refractivity contribution in [1.29, 1.82) is 0 Å². The average molecular weight is 758 g/mol. The van der Waals surface area contributed by atoms with Crippen LogP contribution in [-0.4, -0.2) is 77.9 Å². The lowest BCUT2D eigenvalue weighted by Gasteiger charge is -2.43. The van der Waals surface area contributed by atoms with Crippen LogP contribution in [0.25, 0.3) is 0 Å². The van der Waals surface area contributed by atoms with E-state index in [2.05, 4.69) is 69.3 Å². The highest BCUT2D eigenvalue weighted by Crippen LogP contribution is 2.37. The van der Waals surface area contributed by atoms with Crippen molar-refractivity contribution < 1.29 is 32.2 Å². The van der Waals surface area contributed by atoms with Crippen LogP contribution in [-0.2, 0) is 30.5 Å². The number of hydrogen-bond acceptors (Lipinski definition) is 7. The van der Waals surface area contributed by atoms with Crippen LogP contribution in [0.3, 0.4) is 0 Å². The first kappa shape index (κ1) is 40.6. The van der Waals surface area contributed by atoms with Gasteiger partial charge in [-0.2, -0.15) is 4.31 Å². The summed E-state index contributed by atoms with van der Waals surface area (Å²) < 4.78 is 54.4. The summed E-state index contributed by atoms with van der Waals surface area (Å²) in [6.45, 7) is 11.9. The van der Waals surface area contributed by atoms with Gasteiger partial charge in [-0.05, 0) is 71.9 Å². The second kappa shape index (κ2) is 18.1. The SMILES string of the molecule is COc1ccc(COC[C@@H](O)C/C(C)=C/[C@@H]2CN(S(=O)(=O)c3ccc(C)cc3)C[C@H](CCO[Si](c3ccccc3)(c3ccccc3)C(C)(C)C)O2)cc1. The molecule has 4 aromatic rings. The highest BCUT2D eigenvalue weighted by molar-refractivity contribution is 7.89. The zero-order valence-electron chi connectivity index (χ0n) is 31.9. The minimum absolute atomic E-state index is 0.166. The number of rotatable bonds is 16. The van der Waals surface area contributed by atoms with Gasteiger partial charge in [-0.1, -0.05) is 123 Å². The van der Waals surface area contributed by atoms with E-state index < -0.39 is 36.7 Å². The van der Waals surface area contributed by atoms with Crippen LogP contribution in [0.2, 0.25) is 5.04 Å². The molecule has 1 fully saturated rings. The average Bonchev–Trinajstić information content (AvgIpc) is 3.14. The smallest absolute Gasteiger partial charge is 0.261 e. The van der Waals surface area contributed by atoms with E-state index >= 15 is 0 Å². The van der Waals surface area contributed by atoms with E-state index in [0.29, 0.717) is 26.1 Å². The summed E-state index contributed by atoms with van der Waals surface area (Å²) in [5.41, 5.74) is 2.88. The van der Waals surface area contributed by atoms with Crippen molar-refractivity contribution in [3.63, 3.8) is 0 Å². The molecule has 0 bridgehead atoms. The summed E-state index contributed by atoms with van der Waals surface area (Å²) >= 11 is 0. The Balaban J connectivity index is 1.32. The molecule has 5 rings (SSSR count). The first-order valence-corrected chi connectivity index (χ1v) is 21.7. The minimum atomic E-state index is -3.79. The highest BCUT2D eigenvalue weighted by atomic mass is 32.2. The molecule has 1 heterocycles. The largest absolute Gasteiger partial charge is 0.497 e.